The molecule has 10 heteroatoms. The lowest BCUT2D eigenvalue weighted by Gasteiger charge is -2.06. The maximum atomic E-state index is 9.08. The molecular formula is C26H34N2O6Si2+2. The largest absolute Gasteiger partial charge is 0.492 e. The Hall–Kier alpha value is -2.81. The summed E-state index contributed by atoms with van der Waals surface area (Å²) in [6, 6.07) is 16.4. The van der Waals surface area contributed by atoms with E-state index in [9.17, 15) is 0 Å². The molecule has 36 heavy (non-hydrogen) atoms. The summed E-state index contributed by atoms with van der Waals surface area (Å²) in [5.41, 5.74) is 4.36. The van der Waals surface area contributed by atoms with Crippen LogP contribution in [0, 0.1) is 0 Å². The van der Waals surface area contributed by atoms with Crippen molar-refractivity contribution in [1.82, 2.24) is 0 Å². The van der Waals surface area contributed by atoms with Gasteiger partial charge in [0.25, 0.3) is 0 Å². The number of hydrogen-bond donors (Lipinski definition) is 5. The molecule has 0 radical (unpaired) electrons. The van der Waals surface area contributed by atoms with Crippen molar-refractivity contribution in [3.63, 3.8) is 0 Å². The zero-order valence-corrected chi connectivity index (χ0v) is 22.3. The number of rotatable bonds is 13. The van der Waals surface area contributed by atoms with Crippen LogP contribution in [0.25, 0.3) is 24.3 Å². The van der Waals surface area contributed by atoms with Crippen LogP contribution in [0.5, 0.6) is 0 Å². The van der Waals surface area contributed by atoms with Crippen LogP contribution in [0.3, 0.4) is 0 Å². The Bertz CT molecular complexity index is 1110. The van der Waals surface area contributed by atoms with Gasteiger partial charge in [-0.05, 0) is 22.3 Å². The van der Waals surface area contributed by atoms with Gasteiger partial charge < -0.3 is 28.4 Å². The molecule has 3 aromatic rings. The van der Waals surface area contributed by atoms with Gasteiger partial charge in [-0.2, -0.15) is 0 Å². The quantitative estimate of drug-likeness (QED) is 0.129. The van der Waals surface area contributed by atoms with E-state index in [-0.39, 0.29) is 6.04 Å². The van der Waals surface area contributed by atoms with Gasteiger partial charge in [0.05, 0.1) is 0 Å². The number of pyridine rings is 2. The third kappa shape index (κ3) is 10.9. The molecule has 0 aliphatic carbocycles. The Morgan fingerprint density at radius 1 is 0.639 bits per heavy atom. The minimum atomic E-state index is -3.95. The number of aromatic nitrogens is 2. The summed E-state index contributed by atoms with van der Waals surface area (Å²) in [6.45, 7) is 1.72. The molecule has 0 spiro atoms. The van der Waals surface area contributed by atoms with Gasteiger partial charge in [0.1, 0.15) is 6.54 Å². The SMILES string of the molecule is O[SiH](O)OCCC[n+]1ccc(/C=C/c2ccc(/C=C/c3cc[n+](CCC[Si](O)(O)O)cc3)cc2)cc1. The van der Waals surface area contributed by atoms with Crippen LogP contribution >= 0.6 is 0 Å². The van der Waals surface area contributed by atoms with E-state index in [4.69, 9.17) is 28.4 Å². The molecule has 0 amide bonds. The van der Waals surface area contributed by atoms with Crippen molar-refractivity contribution < 1.29 is 37.5 Å². The van der Waals surface area contributed by atoms with Gasteiger partial charge in [0.15, 0.2) is 31.3 Å². The van der Waals surface area contributed by atoms with E-state index in [0.29, 0.717) is 19.6 Å². The lowest BCUT2D eigenvalue weighted by atomic mass is 10.1. The second-order valence-corrected chi connectivity index (χ2v) is 11.5. The predicted molar refractivity (Wildman–Crippen MR) is 142 cm³/mol. The van der Waals surface area contributed by atoms with Crippen LogP contribution in [0.4, 0.5) is 0 Å². The van der Waals surface area contributed by atoms with Gasteiger partial charge >= 0.3 is 18.3 Å². The van der Waals surface area contributed by atoms with Crippen LogP contribution < -0.4 is 9.13 Å². The summed E-state index contributed by atoms with van der Waals surface area (Å²) in [5.74, 6) is 0. The summed E-state index contributed by atoms with van der Waals surface area (Å²) in [7, 11) is -6.87. The minimum absolute atomic E-state index is 0.0368. The fourth-order valence-corrected chi connectivity index (χ4v) is 4.51. The molecule has 1 aromatic carbocycles. The first-order chi connectivity index (χ1) is 17.3. The molecule has 5 N–H and O–H groups in total. The lowest BCUT2D eigenvalue weighted by molar-refractivity contribution is -0.697. The highest BCUT2D eigenvalue weighted by atomic mass is 28.4. The molecule has 2 aromatic heterocycles. The molecule has 0 unspecified atom stereocenters. The van der Waals surface area contributed by atoms with Gasteiger partial charge in [-0.1, -0.05) is 48.6 Å². The molecule has 0 saturated heterocycles. The molecular weight excluding hydrogens is 492 g/mol. The summed E-state index contributed by atoms with van der Waals surface area (Å²) >= 11 is 0. The van der Waals surface area contributed by atoms with Crippen LogP contribution in [0.1, 0.15) is 35.1 Å². The standard InChI is InChI=1S/C26H34N2O6Si2/c29-35(30)34-21-1-15-27-17-11-25(12-18-27)9-7-23-3-5-24(6-4-23)8-10-26-13-19-28(20-14-26)16-2-22-36(31,32)33/h3-14,17-20,29-33,35H,1-2,15-16,21-22H2/q+2/b9-7+,10-8+. The number of aryl methyl sites for hydroxylation is 2. The fourth-order valence-electron chi connectivity index (χ4n) is 3.50. The van der Waals surface area contributed by atoms with Crippen molar-refractivity contribution in [2.24, 2.45) is 0 Å². The highest BCUT2D eigenvalue weighted by molar-refractivity contribution is 6.56. The molecule has 3 rings (SSSR count). The number of nitrogens with zero attached hydrogens (tertiary/aromatic N) is 2. The van der Waals surface area contributed by atoms with Crippen LogP contribution in [0.2, 0.25) is 6.04 Å². The second kappa shape index (κ2) is 14.1. The van der Waals surface area contributed by atoms with Crippen molar-refractivity contribution in [2.45, 2.75) is 32.0 Å². The van der Waals surface area contributed by atoms with Crippen molar-refractivity contribution in [3.8, 4) is 0 Å². The maximum absolute atomic E-state index is 9.08. The van der Waals surface area contributed by atoms with E-state index >= 15 is 0 Å². The Balaban J connectivity index is 1.46. The molecule has 0 atom stereocenters. The molecule has 2 heterocycles. The van der Waals surface area contributed by atoms with Crippen LogP contribution in [-0.4, -0.2) is 48.9 Å². The van der Waals surface area contributed by atoms with Crippen molar-refractivity contribution in [1.29, 1.82) is 0 Å². The normalized spacial score (nSPS) is 12.3. The molecule has 0 aliphatic heterocycles. The summed E-state index contributed by atoms with van der Waals surface area (Å²) in [4.78, 5) is 44.9. The molecule has 0 aliphatic rings. The summed E-state index contributed by atoms with van der Waals surface area (Å²) in [5, 5.41) is 0. The molecule has 0 bridgehead atoms. The average molecular weight is 527 g/mol. The van der Waals surface area contributed by atoms with E-state index in [1.54, 1.807) is 0 Å². The van der Waals surface area contributed by atoms with Gasteiger partial charge in [0, 0.05) is 49.8 Å². The number of benzene rings is 1. The van der Waals surface area contributed by atoms with E-state index in [0.717, 1.165) is 35.2 Å². The molecule has 0 saturated carbocycles. The van der Waals surface area contributed by atoms with Crippen molar-refractivity contribution in [3.05, 3.63) is 95.6 Å². The van der Waals surface area contributed by atoms with E-state index in [1.165, 1.54) is 0 Å². The Labute approximate surface area is 214 Å². The molecule has 0 fully saturated rings. The molecule has 190 valence electrons. The fraction of sp³-hybridized carbons (Fsp3) is 0.231. The maximum Gasteiger partial charge on any atom is 0.492 e. The lowest BCUT2D eigenvalue weighted by Crippen LogP contribution is -2.38. The van der Waals surface area contributed by atoms with Crippen molar-refractivity contribution in [2.75, 3.05) is 6.61 Å². The van der Waals surface area contributed by atoms with Crippen LogP contribution in [-0.2, 0) is 17.5 Å². The van der Waals surface area contributed by atoms with E-state index in [1.807, 2.05) is 64.3 Å². The minimum Gasteiger partial charge on any atom is -0.392 e. The van der Waals surface area contributed by atoms with E-state index < -0.39 is 18.3 Å². The Kier molecular flexibility index (Phi) is 10.9. The van der Waals surface area contributed by atoms with Crippen molar-refractivity contribution >= 4 is 42.6 Å². The molecule has 8 nitrogen and oxygen atoms in total. The van der Waals surface area contributed by atoms with Gasteiger partial charge in [-0.25, -0.2) is 9.13 Å². The zero-order chi connectivity index (χ0) is 25.8. The second-order valence-electron chi connectivity index (χ2n) is 8.50. The van der Waals surface area contributed by atoms with E-state index in [2.05, 4.69) is 42.5 Å². The monoisotopic (exact) mass is 526 g/mol. The first-order valence-electron chi connectivity index (χ1n) is 11.9. The van der Waals surface area contributed by atoms with Gasteiger partial charge in [-0.15, -0.1) is 0 Å². The highest BCUT2D eigenvalue weighted by Crippen LogP contribution is 2.12. The first kappa shape index (κ1) is 27.8. The Morgan fingerprint density at radius 2 is 1.03 bits per heavy atom. The smallest absolute Gasteiger partial charge is 0.392 e. The van der Waals surface area contributed by atoms with Gasteiger partial charge in [-0.3, -0.25) is 0 Å². The predicted octanol–water partition coefficient (Wildman–Crippen LogP) is 1.02. The Morgan fingerprint density at radius 3 is 1.42 bits per heavy atom. The third-order valence-electron chi connectivity index (χ3n) is 5.46. The highest BCUT2D eigenvalue weighted by Gasteiger charge is 2.26. The number of hydrogen-bond acceptors (Lipinski definition) is 6. The van der Waals surface area contributed by atoms with Crippen LogP contribution in [0.15, 0.2) is 73.3 Å². The average Bonchev–Trinajstić information content (AvgIpc) is 2.85. The van der Waals surface area contributed by atoms with Gasteiger partial charge in [0.2, 0.25) is 0 Å². The third-order valence-corrected chi connectivity index (χ3v) is 7.02. The zero-order valence-electron chi connectivity index (χ0n) is 20.1. The first-order valence-corrected chi connectivity index (χ1v) is 15.4. The topological polar surface area (TPSA) is 118 Å². The summed E-state index contributed by atoms with van der Waals surface area (Å²) < 4.78 is 8.83. The summed E-state index contributed by atoms with van der Waals surface area (Å²) in [6.07, 6.45) is 17.3.